The number of nitrogens with zero attached hydrogens (tertiary/aromatic N) is 3. The molecule has 0 bridgehead atoms. The number of hydrogen-bond acceptors (Lipinski definition) is 5. The van der Waals surface area contributed by atoms with Crippen molar-refractivity contribution >= 4 is 71.5 Å². The Hall–Kier alpha value is -3.72. The maximum Gasteiger partial charge on any atom is 0.282 e. The SMILES string of the molecule is O=c1c2ccccc2nc(-c2cc3cc(Br)ccc3o2)n1N=Cc1ccc(OCc2ccc(Br)cc2)c(Cl)c1. The van der Waals surface area contributed by atoms with Crippen molar-refractivity contribution in [2.45, 2.75) is 6.61 Å². The summed E-state index contributed by atoms with van der Waals surface area (Å²) >= 11 is 13.4. The van der Waals surface area contributed by atoms with Gasteiger partial charge in [0.1, 0.15) is 17.9 Å². The summed E-state index contributed by atoms with van der Waals surface area (Å²) in [4.78, 5) is 18.2. The highest BCUT2D eigenvalue weighted by atomic mass is 79.9. The Balaban J connectivity index is 1.35. The number of hydrogen-bond donors (Lipinski definition) is 0. The molecule has 0 atom stereocenters. The average molecular weight is 664 g/mol. The first kappa shape index (κ1) is 25.6. The maximum absolute atomic E-state index is 13.5. The highest BCUT2D eigenvalue weighted by molar-refractivity contribution is 9.10. The number of para-hydroxylation sites is 1. The van der Waals surface area contributed by atoms with Crippen LogP contribution in [0.4, 0.5) is 0 Å². The Morgan fingerprint density at radius 1 is 0.949 bits per heavy atom. The zero-order chi connectivity index (χ0) is 26.9. The first-order valence-electron chi connectivity index (χ1n) is 11.9. The van der Waals surface area contributed by atoms with E-state index in [4.69, 9.17) is 25.7 Å². The second-order valence-electron chi connectivity index (χ2n) is 8.71. The standard InChI is InChI=1S/C30H18Br2ClN3O3/c31-21-8-5-18(6-9-21)17-38-27-11-7-19(13-24(27)33)16-34-36-29(35-25-4-2-1-3-23(25)30(36)37)28-15-20-14-22(32)10-12-26(20)39-28/h1-16H,17H2. The molecule has 2 heterocycles. The van der Waals surface area contributed by atoms with Crippen LogP contribution in [0.1, 0.15) is 11.1 Å². The van der Waals surface area contributed by atoms with Gasteiger partial charge in [0.2, 0.25) is 5.82 Å². The molecule has 0 spiro atoms. The second kappa shape index (κ2) is 10.8. The lowest BCUT2D eigenvalue weighted by atomic mass is 10.2. The van der Waals surface area contributed by atoms with E-state index in [9.17, 15) is 4.79 Å². The summed E-state index contributed by atoms with van der Waals surface area (Å²) < 4.78 is 15.1. The van der Waals surface area contributed by atoms with E-state index in [0.717, 1.165) is 19.9 Å². The summed E-state index contributed by atoms with van der Waals surface area (Å²) in [5.41, 5.74) is 2.63. The largest absolute Gasteiger partial charge is 0.487 e. The molecule has 6 nitrogen and oxygen atoms in total. The van der Waals surface area contributed by atoms with Crippen LogP contribution in [0.5, 0.6) is 5.75 Å². The third kappa shape index (κ3) is 5.41. The Morgan fingerprint density at radius 3 is 2.56 bits per heavy atom. The minimum Gasteiger partial charge on any atom is -0.487 e. The molecule has 0 aliphatic carbocycles. The van der Waals surface area contributed by atoms with Crippen LogP contribution in [0.3, 0.4) is 0 Å². The predicted octanol–water partition coefficient (Wildman–Crippen LogP) is 8.45. The van der Waals surface area contributed by atoms with Crippen molar-refractivity contribution in [2.24, 2.45) is 5.10 Å². The van der Waals surface area contributed by atoms with Crippen LogP contribution in [0.25, 0.3) is 33.5 Å². The lowest BCUT2D eigenvalue weighted by molar-refractivity contribution is 0.306. The maximum atomic E-state index is 13.5. The molecule has 0 N–H and O–H groups in total. The van der Waals surface area contributed by atoms with Crippen molar-refractivity contribution < 1.29 is 9.15 Å². The van der Waals surface area contributed by atoms with Crippen molar-refractivity contribution in [2.75, 3.05) is 0 Å². The molecule has 6 rings (SSSR count). The van der Waals surface area contributed by atoms with E-state index in [2.05, 4.69) is 37.0 Å². The number of furan rings is 1. The Morgan fingerprint density at radius 2 is 1.74 bits per heavy atom. The van der Waals surface area contributed by atoms with Gasteiger partial charge in [-0.05, 0) is 77.9 Å². The van der Waals surface area contributed by atoms with E-state index in [1.807, 2.05) is 60.7 Å². The van der Waals surface area contributed by atoms with Gasteiger partial charge in [0, 0.05) is 14.3 Å². The monoisotopic (exact) mass is 661 g/mol. The van der Waals surface area contributed by atoms with Gasteiger partial charge in [-0.1, -0.05) is 67.7 Å². The molecule has 0 saturated heterocycles. The van der Waals surface area contributed by atoms with Gasteiger partial charge in [-0.2, -0.15) is 9.78 Å². The highest BCUT2D eigenvalue weighted by Crippen LogP contribution is 2.30. The molecular weight excluding hydrogens is 646 g/mol. The minimum atomic E-state index is -0.311. The van der Waals surface area contributed by atoms with E-state index in [-0.39, 0.29) is 5.56 Å². The fourth-order valence-electron chi connectivity index (χ4n) is 4.10. The normalized spacial score (nSPS) is 11.6. The summed E-state index contributed by atoms with van der Waals surface area (Å²) in [7, 11) is 0. The average Bonchev–Trinajstić information content (AvgIpc) is 3.36. The molecule has 0 saturated carbocycles. The Bertz CT molecular complexity index is 1930. The Labute approximate surface area is 244 Å². The number of rotatable bonds is 6. The summed E-state index contributed by atoms with van der Waals surface area (Å²) in [6.07, 6.45) is 1.56. The molecule has 0 fully saturated rings. The van der Waals surface area contributed by atoms with E-state index in [0.29, 0.717) is 51.0 Å². The van der Waals surface area contributed by atoms with Gasteiger partial charge in [0.05, 0.1) is 22.1 Å². The van der Waals surface area contributed by atoms with Gasteiger partial charge in [0.15, 0.2) is 5.76 Å². The number of halogens is 3. The van der Waals surface area contributed by atoms with Crippen LogP contribution in [0.2, 0.25) is 5.02 Å². The van der Waals surface area contributed by atoms with E-state index in [1.165, 1.54) is 4.68 Å². The number of ether oxygens (including phenoxy) is 1. The number of benzene rings is 4. The number of fused-ring (bicyclic) bond motifs is 2. The summed E-state index contributed by atoms with van der Waals surface area (Å²) in [5, 5.41) is 6.27. The first-order valence-corrected chi connectivity index (χ1v) is 13.8. The third-order valence-corrected chi connectivity index (χ3v) is 7.36. The molecule has 0 amide bonds. The van der Waals surface area contributed by atoms with Gasteiger partial charge in [-0.3, -0.25) is 4.79 Å². The van der Waals surface area contributed by atoms with Gasteiger partial charge >= 0.3 is 0 Å². The van der Waals surface area contributed by atoms with Gasteiger partial charge in [-0.15, -0.1) is 0 Å². The van der Waals surface area contributed by atoms with Crippen LogP contribution < -0.4 is 10.3 Å². The lowest BCUT2D eigenvalue weighted by Gasteiger charge is -2.09. The zero-order valence-electron chi connectivity index (χ0n) is 20.1. The van der Waals surface area contributed by atoms with Crippen LogP contribution in [-0.2, 0) is 6.61 Å². The molecule has 0 aliphatic heterocycles. The fourth-order valence-corrected chi connectivity index (χ4v) is 4.98. The fraction of sp³-hybridized carbons (Fsp3) is 0.0333. The summed E-state index contributed by atoms with van der Waals surface area (Å²) in [5.74, 6) is 1.27. The van der Waals surface area contributed by atoms with Crippen LogP contribution in [-0.4, -0.2) is 15.9 Å². The van der Waals surface area contributed by atoms with E-state index in [1.54, 1.807) is 36.5 Å². The molecular formula is C30H18Br2ClN3O3. The Kier molecular flexibility index (Phi) is 7.08. The molecule has 0 radical (unpaired) electrons. The minimum absolute atomic E-state index is 0.294. The number of aromatic nitrogens is 2. The van der Waals surface area contributed by atoms with Gasteiger partial charge < -0.3 is 9.15 Å². The molecule has 6 aromatic rings. The molecule has 0 aliphatic rings. The highest BCUT2D eigenvalue weighted by Gasteiger charge is 2.16. The quantitative estimate of drug-likeness (QED) is 0.168. The van der Waals surface area contributed by atoms with Crippen LogP contribution in [0.15, 0.2) is 114 Å². The lowest BCUT2D eigenvalue weighted by Crippen LogP contribution is -2.20. The summed E-state index contributed by atoms with van der Waals surface area (Å²) in [6.45, 7) is 0.385. The van der Waals surface area contributed by atoms with Crippen molar-refractivity contribution in [1.29, 1.82) is 0 Å². The van der Waals surface area contributed by atoms with E-state index >= 15 is 0 Å². The van der Waals surface area contributed by atoms with Crippen molar-refractivity contribution in [3.63, 3.8) is 0 Å². The van der Waals surface area contributed by atoms with Gasteiger partial charge in [0.25, 0.3) is 5.56 Å². The summed E-state index contributed by atoms with van der Waals surface area (Å²) in [6, 6.07) is 27.9. The zero-order valence-corrected chi connectivity index (χ0v) is 24.1. The van der Waals surface area contributed by atoms with Crippen molar-refractivity contribution in [3.8, 4) is 17.3 Å². The molecule has 39 heavy (non-hydrogen) atoms. The molecule has 4 aromatic carbocycles. The molecule has 9 heteroatoms. The van der Waals surface area contributed by atoms with Crippen LogP contribution >= 0.6 is 43.5 Å². The first-order chi connectivity index (χ1) is 18.9. The van der Waals surface area contributed by atoms with Crippen molar-refractivity contribution in [3.05, 3.63) is 126 Å². The van der Waals surface area contributed by atoms with Crippen molar-refractivity contribution in [1.82, 2.24) is 9.66 Å². The topological polar surface area (TPSA) is 69.6 Å². The second-order valence-corrected chi connectivity index (χ2v) is 11.0. The van der Waals surface area contributed by atoms with Crippen LogP contribution in [0, 0.1) is 0 Å². The molecule has 2 aromatic heterocycles. The molecule has 192 valence electrons. The van der Waals surface area contributed by atoms with E-state index < -0.39 is 0 Å². The smallest absolute Gasteiger partial charge is 0.282 e. The van der Waals surface area contributed by atoms with Gasteiger partial charge in [-0.25, -0.2) is 4.98 Å². The molecule has 0 unspecified atom stereocenters. The third-order valence-electron chi connectivity index (χ3n) is 6.04. The predicted molar refractivity (Wildman–Crippen MR) is 162 cm³/mol.